The van der Waals surface area contributed by atoms with Gasteiger partial charge in [-0.2, -0.15) is 0 Å². The molecule has 0 unspecified atom stereocenters. The van der Waals surface area contributed by atoms with Crippen molar-refractivity contribution in [3.63, 3.8) is 0 Å². The Balaban J connectivity index is 2.02. The van der Waals surface area contributed by atoms with Gasteiger partial charge in [0.15, 0.2) is 0 Å². The van der Waals surface area contributed by atoms with Crippen molar-refractivity contribution >= 4 is 50.7 Å². The Bertz CT molecular complexity index is 1350. The van der Waals surface area contributed by atoms with E-state index < -0.39 is 28.5 Å². The molecule has 3 aromatic carbocycles. The van der Waals surface area contributed by atoms with Crippen LogP contribution in [0.4, 0.5) is 5.69 Å². The van der Waals surface area contributed by atoms with Crippen LogP contribution in [0.15, 0.2) is 83.8 Å². The lowest BCUT2D eigenvalue weighted by Gasteiger charge is -2.33. The van der Waals surface area contributed by atoms with Gasteiger partial charge in [-0.1, -0.05) is 67.4 Å². The molecule has 0 radical (unpaired) electrons. The lowest BCUT2D eigenvalue weighted by molar-refractivity contribution is -0.140. The first kappa shape index (κ1) is 30.5. The van der Waals surface area contributed by atoms with Crippen LogP contribution in [0.3, 0.4) is 0 Å². The fraction of sp³-hybridized carbons (Fsp3) is 0.310. The number of para-hydroxylation sites is 1. The van der Waals surface area contributed by atoms with Gasteiger partial charge in [0.2, 0.25) is 11.8 Å². The Morgan fingerprint density at radius 2 is 1.41 bits per heavy atom. The van der Waals surface area contributed by atoms with Crippen molar-refractivity contribution in [2.45, 2.75) is 57.1 Å². The zero-order valence-corrected chi connectivity index (χ0v) is 24.5. The molecule has 0 saturated heterocycles. The molecule has 0 bridgehead atoms. The van der Waals surface area contributed by atoms with Crippen LogP contribution < -0.4 is 9.62 Å². The first-order valence-electron chi connectivity index (χ1n) is 12.7. The fourth-order valence-electron chi connectivity index (χ4n) is 4.00. The molecule has 0 spiro atoms. The zero-order chi connectivity index (χ0) is 28.6. The first-order chi connectivity index (χ1) is 18.6. The molecule has 0 aliphatic heterocycles. The Labute approximate surface area is 240 Å². The van der Waals surface area contributed by atoms with Gasteiger partial charge in [0.05, 0.1) is 10.6 Å². The number of benzene rings is 3. The minimum atomic E-state index is -4.14. The molecule has 208 valence electrons. The van der Waals surface area contributed by atoms with Crippen LogP contribution in [0.5, 0.6) is 0 Å². The first-order valence-corrected chi connectivity index (χ1v) is 14.9. The topological polar surface area (TPSA) is 86.8 Å². The minimum Gasteiger partial charge on any atom is -0.352 e. The van der Waals surface area contributed by atoms with Crippen molar-refractivity contribution in [3.8, 4) is 0 Å². The van der Waals surface area contributed by atoms with E-state index >= 15 is 0 Å². The molecule has 7 nitrogen and oxygen atoms in total. The summed E-state index contributed by atoms with van der Waals surface area (Å²) in [5, 5.41) is 3.90. The lowest BCUT2D eigenvalue weighted by atomic mass is 10.1. The van der Waals surface area contributed by atoms with Crippen molar-refractivity contribution in [1.29, 1.82) is 0 Å². The van der Waals surface area contributed by atoms with Crippen molar-refractivity contribution in [1.82, 2.24) is 10.2 Å². The number of nitrogens with one attached hydrogen (secondary N) is 1. The number of rotatable bonds is 12. The second-order valence-electron chi connectivity index (χ2n) is 9.19. The van der Waals surface area contributed by atoms with Crippen LogP contribution in [0.25, 0.3) is 0 Å². The van der Waals surface area contributed by atoms with E-state index in [9.17, 15) is 18.0 Å². The predicted molar refractivity (Wildman–Crippen MR) is 156 cm³/mol. The quantitative estimate of drug-likeness (QED) is 0.284. The number of hydrogen-bond acceptors (Lipinski definition) is 4. The SMILES string of the molecule is CC[C@H](C)NC(=O)[C@H](CC)N(Cc1ccc(Cl)cc1)C(=O)CN(c1ccccc1)S(=O)(=O)c1ccc(Cl)cc1. The van der Waals surface area contributed by atoms with Gasteiger partial charge in [-0.05, 0) is 73.9 Å². The van der Waals surface area contributed by atoms with Crippen molar-refractivity contribution < 1.29 is 18.0 Å². The third kappa shape index (κ3) is 7.97. The van der Waals surface area contributed by atoms with Gasteiger partial charge >= 0.3 is 0 Å². The maximum Gasteiger partial charge on any atom is 0.264 e. The summed E-state index contributed by atoms with van der Waals surface area (Å²) in [5.41, 5.74) is 1.08. The highest BCUT2D eigenvalue weighted by molar-refractivity contribution is 7.92. The number of hydrogen-bond donors (Lipinski definition) is 1. The van der Waals surface area contributed by atoms with Crippen molar-refractivity contribution in [2.24, 2.45) is 0 Å². The fourth-order valence-corrected chi connectivity index (χ4v) is 5.67. The van der Waals surface area contributed by atoms with Gasteiger partial charge in [0, 0.05) is 22.6 Å². The number of carbonyl (C=O) groups is 2. The molecular formula is C29H33Cl2N3O4S. The van der Waals surface area contributed by atoms with Gasteiger partial charge in [-0.15, -0.1) is 0 Å². The molecule has 3 rings (SSSR count). The number of nitrogens with zero attached hydrogens (tertiary/aromatic N) is 2. The number of halogens is 2. The van der Waals surface area contributed by atoms with Crippen LogP contribution in [-0.2, 0) is 26.2 Å². The standard InChI is InChI=1S/C29H33Cl2N3O4S/c1-4-21(3)32-29(36)27(5-2)33(19-22-11-13-23(30)14-12-22)28(35)20-34(25-9-7-6-8-10-25)39(37,38)26-17-15-24(31)16-18-26/h6-18,21,27H,4-5,19-20H2,1-3H3,(H,32,36)/t21-,27-/m0/s1. The van der Waals surface area contributed by atoms with E-state index in [0.717, 1.165) is 16.3 Å². The minimum absolute atomic E-state index is 0.00522. The van der Waals surface area contributed by atoms with Crippen LogP contribution in [0, 0.1) is 0 Å². The Hall–Kier alpha value is -3.07. The van der Waals surface area contributed by atoms with E-state index in [4.69, 9.17) is 23.2 Å². The van der Waals surface area contributed by atoms with Crippen LogP contribution >= 0.6 is 23.2 Å². The summed E-state index contributed by atoms with van der Waals surface area (Å²) in [5.74, 6) is -0.807. The second kappa shape index (κ2) is 13.8. The number of carbonyl (C=O) groups excluding carboxylic acids is 2. The van der Waals surface area contributed by atoms with Gasteiger partial charge in [-0.3, -0.25) is 13.9 Å². The summed E-state index contributed by atoms with van der Waals surface area (Å²) >= 11 is 12.0. The van der Waals surface area contributed by atoms with Gasteiger partial charge in [0.1, 0.15) is 12.6 Å². The van der Waals surface area contributed by atoms with Gasteiger partial charge in [-0.25, -0.2) is 8.42 Å². The normalized spacial score (nSPS) is 12.8. The van der Waals surface area contributed by atoms with Crippen LogP contribution in [0.2, 0.25) is 10.0 Å². The number of anilines is 1. The predicted octanol–water partition coefficient (Wildman–Crippen LogP) is 5.91. The average molecular weight is 591 g/mol. The summed E-state index contributed by atoms with van der Waals surface area (Å²) in [7, 11) is -4.14. The largest absolute Gasteiger partial charge is 0.352 e. The van der Waals surface area contributed by atoms with Crippen molar-refractivity contribution in [3.05, 3.63) is 94.5 Å². The van der Waals surface area contributed by atoms with E-state index in [2.05, 4.69) is 5.32 Å². The molecule has 1 N–H and O–H groups in total. The number of sulfonamides is 1. The lowest BCUT2D eigenvalue weighted by Crippen LogP contribution is -2.53. The summed E-state index contributed by atoms with van der Waals surface area (Å²) < 4.78 is 28.6. The van der Waals surface area contributed by atoms with Gasteiger partial charge in [0.25, 0.3) is 10.0 Å². The maximum atomic E-state index is 14.0. The molecule has 2 atom stereocenters. The zero-order valence-electron chi connectivity index (χ0n) is 22.2. The van der Waals surface area contributed by atoms with Crippen LogP contribution in [-0.4, -0.2) is 43.8 Å². The summed E-state index contributed by atoms with van der Waals surface area (Å²) in [6, 6.07) is 20.3. The molecule has 0 aliphatic carbocycles. The third-order valence-electron chi connectivity index (χ3n) is 6.38. The molecule has 0 heterocycles. The third-order valence-corrected chi connectivity index (χ3v) is 8.67. The molecule has 0 aliphatic rings. The highest BCUT2D eigenvalue weighted by Crippen LogP contribution is 2.26. The van der Waals surface area contributed by atoms with Gasteiger partial charge < -0.3 is 10.2 Å². The van der Waals surface area contributed by atoms with E-state index in [1.807, 2.05) is 20.8 Å². The van der Waals surface area contributed by atoms with Crippen molar-refractivity contribution in [2.75, 3.05) is 10.8 Å². The van der Waals surface area contributed by atoms with E-state index in [1.165, 1.54) is 29.2 Å². The number of amides is 2. The molecule has 2 amide bonds. The molecule has 0 fully saturated rings. The monoisotopic (exact) mass is 589 g/mol. The maximum absolute atomic E-state index is 14.0. The summed E-state index contributed by atoms with van der Waals surface area (Å²) in [6.45, 7) is 5.28. The second-order valence-corrected chi connectivity index (χ2v) is 11.9. The Morgan fingerprint density at radius 3 is 1.95 bits per heavy atom. The molecule has 39 heavy (non-hydrogen) atoms. The molecule has 0 saturated carbocycles. The summed E-state index contributed by atoms with van der Waals surface area (Å²) in [4.78, 5) is 28.7. The van der Waals surface area contributed by atoms with Crippen LogP contribution in [0.1, 0.15) is 39.2 Å². The highest BCUT2D eigenvalue weighted by Gasteiger charge is 2.33. The molecule has 0 aromatic heterocycles. The molecular weight excluding hydrogens is 557 g/mol. The summed E-state index contributed by atoms with van der Waals surface area (Å²) in [6.07, 6.45) is 1.07. The molecule has 10 heteroatoms. The Morgan fingerprint density at radius 1 is 0.846 bits per heavy atom. The Kier molecular flexibility index (Phi) is 10.8. The average Bonchev–Trinajstić information content (AvgIpc) is 2.93. The van der Waals surface area contributed by atoms with E-state index in [-0.39, 0.29) is 23.4 Å². The smallest absolute Gasteiger partial charge is 0.264 e. The van der Waals surface area contributed by atoms with E-state index in [1.54, 1.807) is 54.6 Å². The highest BCUT2D eigenvalue weighted by atomic mass is 35.5. The molecule has 3 aromatic rings. The van der Waals surface area contributed by atoms with E-state index in [0.29, 0.717) is 22.2 Å².